The van der Waals surface area contributed by atoms with Gasteiger partial charge in [-0.1, -0.05) is 6.82 Å². The molecule has 1 saturated heterocycles. The monoisotopic (exact) mass is 127 g/mol. The molecule has 4 heteroatoms. The van der Waals surface area contributed by atoms with Gasteiger partial charge in [-0.2, -0.15) is 0 Å². The van der Waals surface area contributed by atoms with Crippen LogP contribution < -0.4 is 5.32 Å². The van der Waals surface area contributed by atoms with E-state index in [1.165, 1.54) is 0 Å². The van der Waals surface area contributed by atoms with Gasteiger partial charge in [-0.3, -0.25) is 4.79 Å². The van der Waals surface area contributed by atoms with Gasteiger partial charge in [-0.05, 0) is 6.42 Å². The fourth-order valence-corrected chi connectivity index (χ4v) is 1.07. The predicted molar refractivity (Wildman–Crippen MR) is 35.5 cm³/mol. The summed E-state index contributed by atoms with van der Waals surface area (Å²) in [5, 5.41) is 11.3. The Balaban J connectivity index is 2.48. The molecule has 0 bridgehead atoms. The van der Waals surface area contributed by atoms with Gasteiger partial charge < -0.3 is 10.4 Å². The highest BCUT2D eigenvalue weighted by Crippen LogP contribution is 2.17. The number of carbonyl (C=O) groups excluding carboxylic acids is 1. The van der Waals surface area contributed by atoms with E-state index < -0.39 is 6.23 Å². The predicted octanol–water partition coefficient (Wildman–Crippen LogP) is -0.902. The maximum Gasteiger partial charge on any atom is 0.217 e. The molecule has 0 aromatic rings. The van der Waals surface area contributed by atoms with Crippen molar-refractivity contribution in [1.29, 1.82) is 0 Å². The normalized spacial score (nSPS) is 34.2. The van der Waals surface area contributed by atoms with E-state index in [4.69, 9.17) is 5.11 Å². The highest BCUT2D eigenvalue weighted by atomic mass is 16.3. The molecule has 1 amide bonds. The molecule has 1 heterocycles. The van der Waals surface area contributed by atoms with Crippen molar-refractivity contribution in [3.05, 3.63) is 0 Å². The Kier molecular flexibility index (Phi) is 1.76. The Morgan fingerprint density at radius 2 is 2.56 bits per heavy atom. The van der Waals surface area contributed by atoms with Gasteiger partial charge in [-0.25, -0.2) is 0 Å². The average Bonchev–Trinajstić information content (AvgIpc) is 2.10. The summed E-state index contributed by atoms with van der Waals surface area (Å²) in [6, 6.07) is 0. The average molecular weight is 127 g/mol. The molecule has 1 aliphatic heterocycles. The van der Waals surface area contributed by atoms with Crippen molar-refractivity contribution >= 4 is 13.2 Å². The Bertz CT molecular complexity index is 128. The summed E-state index contributed by atoms with van der Waals surface area (Å²) in [5.41, 5.74) is 0. The highest BCUT2D eigenvalue weighted by Gasteiger charge is 2.28. The van der Waals surface area contributed by atoms with Crippen LogP contribution >= 0.6 is 0 Å². The Morgan fingerprint density at radius 1 is 1.89 bits per heavy atom. The molecular formula is C5H10BNO2. The number of aliphatic hydroxyl groups excluding tert-OH is 1. The third-order valence-electron chi connectivity index (χ3n) is 1.68. The van der Waals surface area contributed by atoms with Crippen molar-refractivity contribution in [2.75, 3.05) is 0 Å². The molecule has 1 aliphatic rings. The zero-order valence-corrected chi connectivity index (χ0v) is 5.42. The maximum atomic E-state index is 10.7. The second kappa shape index (κ2) is 2.39. The van der Waals surface area contributed by atoms with Crippen molar-refractivity contribution in [2.24, 2.45) is 0 Å². The summed E-state index contributed by atoms with van der Waals surface area (Å²) >= 11 is 0. The Labute approximate surface area is 54.7 Å². The lowest BCUT2D eigenvalue weighted by Gasteiger charge is -1.96. The molecule has 0 aliphatic carbocycles. The first kappa shape index (κ1) is 6.61. The summed E-state index contributed by atoms with van der Waals surface area (Å²) in [5.74, 6) is 0.0324. The number of hydrogen-bond acceptors (Lipinski definition) is 2. The number of nitrogens with one attached hydrogen (secondary N) is 1. The van der Waals surface area contributed by atoms with E-state index in [2.05, 4.69) is 5.32 Å². The van der Waals surface area contributed by atoms with E-state index in [0.717, 1.165) is 7.28 Å². The Morgan fingerprint density at radius 3 is 2.78 bits per heavy atom. The smallest absolute Gasteiger partial charge is 0.217 e. The molecule has 0 saturated carbocycles. The molecule has 9 heavy (non-hydrogen) atoms. The van der Waals surface area contributed by atoms with Crippen molar-refractivity contribution in [3.63, 3.8) is 0 Å². The van der Waals surface area contributed by atoms with Gasteiger partial charge in [0.2, 0.25) is 5.91 Å². The summed E-state index contributed by atoms with van der Waals surface area (Å²) in [6.07, 6.45) is -0.0163. The largest absolute Gasteiger partial charge is 0.374 e. The van der Waals surface area contributed by atoms with Crippen LogP contribution in [0.25, 0.3) is 0 Å². The SMILES string of the molecule is CBC1CC(O)NC1=O. The minimum absolute atomic E-state index is 0.00926. The van der Waals surface area contributed by atoms with Crippen LogP contribution in [-0.4, -0.2) is 24.5 Å². The number of rotatable bonds is 1. The van der Waals surface area contributed by atoms with Crippen molar-refractivity contribution < 1.29 is 9.90 Å². The molecule has 50 valence electrons. The van der Waals surface area contributed by atoms with Crippen molar-refractivity contribution in [1.82, 2.24) is 5.32 Å². The lowest BCUT2D eigenvalue weighted by molar-refractivity contribution is -0.120. The summed E-state index contributed by atoms with van der Waals surface area (Å²) < 4.78 is 0. The molecule has 0 aromatic carbocycles. The van der Waals surface area contributed by atoms with Gasteiger partial charge in [0.1, 0.15) is 13.5 Å². The molecule has 1 fully saturated rings. The van der Waals surface area contributed by atoms with Crippen LogP contribution in [0.3, 0.4) is 0 Å². The van der Waals surface area contributed by atoms with Crippen LogP contribution in [0.1, 0.15) is 6.42 Å². The molecule has 2 N–H and O–H groups in total. The minimum Gasteiger partial charge on any atom is -0.374 e. The zero-order valence-electron chi connectivity index (χ0n) is 5.42. The fraction of sp³-hybridized carbons (Fsp3) is 0.800. The highest BCUT2D eigenvalue weighted by molar-refractivity contribution is 6.42. The van der Waals surface area contributed by atoms with Crippen molar-refractivity contribution in [2.45, 2.75) is 25.3 Å². The lowest BCUT2D eigenvalue weighted by Crippen LogP contribution is -2.25. The molecule has 0 spiro atoms. The van der Waals surface area contributed by atoms with Crippen LogP contribution in [0.15, 0.2) is 0 Å². The molecule has 2 unspecified atom stereocenters. The quantitative estimate of drug-likeness (QED) is 0.448. The number of carbonyl (C=O) groups is 1. The van der Waals surface area contributed by atoms with Crippen LogP contribution in [-0.2, 0) is 4.79 Å². The van der Waals surface area contributed by atoms with Crippen LogP contribution in [0.2, 0.25) is 12.6 Å². The van der Waals surface area contributed by atoms with Gasteiger partial charge >= 0.3 is 0 Å². The molecule has 0 aromatic heterocycles. The summed E-state index contributed by atoms with van der Waals surface area (Å²) in [6.45, 7) is 1.95. The van der Waals surface area contributed by atoms with Crippen LogP contribution in [0, 0.1) is 0 Å². The van der Waals surface area contributed by atoms with E-state index in [1.807, 2.05) is 6.82 Å². The minimum atomic E-state index is -0.595. The summed E-state index contributed by atoms with van der Waals surface area (Å²) in [4.78, 5) is 10.7. The van der Waals surface area contributed by atoms with E-state index in [-0.39, 0.29) is 11.7 Å². The van der Waals surface area contributed by atoms with Crippen LogP contribution in [0.5, 0.6) is 0 Å². The molecule has 2 atom stereocenters. The molecule has 3 nitrogen and oxygen atoms in total. The molecule has 1 rings (SSSR count). The summed E-state index contributed by atoms with van der Waals surface area (Å²) in [7, 11) is 0.822. The van der Waals surface area contributed by atoms with Crippen molar-refractivity contribution in [3.8, 4) is 0 Å². The van der Waals surface area contributed by atoms with Gasteiger partial charge in [0, 0.05) is 5.82 Å². The molecular weight excluding hydrogens is 117 g/mol. The first-order valence-corrected chi connectivity index (χ1v) is 3.22. The van der Waals surface area contributed by atoms with E-state index in [9.17, 15) is 4.79 Å². The van der Waals surface area contributed by atoms with Gasteiger partial charge in [-0.15, -0.1) is 0 Å². The Hall–Kier alpha value is -0.505. The van der Waals surface area contributed by atoms with Gasteiger partial charge in [0.15, 0.2) is 0 Å². The number of hydrogen-bond donors (Lipinski definition) is 2. The second-order valence-electron chi connectivity index (χ2n) is 2.37. The van der Waals surface area contributed by atoms with Gasteiger partial charge in [0.05, 0.1) is 0 Å². The molecule has 0 radical (unpaired) electrons. The topological polar surface area (TPSA) is 49.3 Å². The second-order valence-corrected chi connectivity index (χ2v) is 2.37. The lowest BCUT2D eigenvalue weighted by atomic mass is 9.66. The first-order chi connectivity index (χ1) is 4.24. The number of aliphatic hydroxyl groups is 1. The van der Waals surface area contributed by atoms with Gasteiger partial charge in [0.25, 0.3) is 0 Å². The fourth-order valence-electron chi connectivity index (χ4n) is 1.07. The van der Waals surface area contributed by atoms with E-state index in [0.29, 0.717) is 6.42 Å². The zero-order chi connectivity index (χ0) is 6.85. The standard InChI is InChI=1S/C5H10BNO2/c1-6-3-2-4(8)7-5(3)9/h3-4,6,8H,2H2,1H3,(H,7,9). The van der Waals surface area contributed by atoms with E-state index >= 15 is 0 Å². The first-order valence-electron chi connectivity index (χ1n) is 3.22. The third-order valence-corrected chi connectivity index (χ3v) is 1.68. The third kappa shape index (κ3) is 1.24. The van der Waals surface area contributed by atoms with Crippen LogP contribution in [0.4, 0.5) is 0 Å². The number of amides is 1. The van der Waals surface area contributed by atoms with E-state index in [1.54, 1.807) is 0 Å². The maximum absolute atomic E-state index is 10.7.